The molecule has 0 spiro atoms. The second-order valence-electron chi connectivity index (χ2n) is 6.57. The average Bonchev–Trinajstić information content (AvgIpc) is 3.29. The van der Waals surface area contributed by atoms with E-state index < -0.39 is 6.03 Å². The number of hydrogen-bond donors (Lipinski definition) is 2. The van der Waals surface area contributed by atoms with E-state index in [-0.39, 0.29) is 11.5 Å². The second kappa shape index (κ2) is 8.75. The zero-order valence-electron chi connectivity index (χ0n) is 15.6. The third-order valence-electron chi connectivity index (χ3n) is 3.81. The molecule has 0 bridgehead atoms. The van der Waals surface area contributed by atoms with Gasteiger partial charge in [-0.1, -0.05) is 25.6 Å². The monoisotopic (exact) mass is 399 g/mol. The van der Waals surface area contributed by atoms with Gasteiger partial charge in [-0.3, -0.25) is 9.36 Å². The zero-order chi connectivity index (χ0) is 20.1. The highest BCUT2D eigenvalue weighted by molar-refractivity contribution is 7.99. The number of carbonyl (C=O) groups excluding carboxylic acids is 2. The number of nitrogens with two attached hydrogens (primary N) is 1. The molecular weight excluding hydrogens is 378 g/mol. The minimum Gasteiger partial charge on any atom is -0.461 e. The van der Waals surface area contributed by atoms with E-state index in [1.165, 1.54) is 11.8 Å². The van der Waals surface area contributed by atoms with Gasteiger partial charge in [-0.05, 0) is 42.3 Å². The quantitative estimate of drug-likeness (QED) is 0.441. The Balaban J connectivity index is 1.71. The fraction of sp³-hybridized carbons (Fsp3) is 0.263. The molecule has 0 fully saturated rings. The predicted molar refractivity (Wildman–Crippen MR) is 107 cm³/mol. The molecule has 0 saturated carbocycles. The zero-order valence-corrected chi connectivity index (χ0v) is 16.4. The number of furan rings is 1. The molecule has 8 nitrogen and oxygen atoms in total. The third-order valence-corrected chi connectivity index (χ3v) is 4.78. The number of nitrogens with one attached hydrogen (secondary N) is 1. The van der Waals surface area contributed by atoms with Gasteiger partial charge >= 0.3 is 6.03 Å². The van der Waals surface area contributed by atoms with Crippen LogP contribution < -0.4 is 11.1 Å². The molecule has 3 aromatic rings. The topological polar surface area (TPSA) is 116 Å². The number of hydrogen-bond acceptors (Lipinski definition) is 6. The Morgan fingerprint density at radius 1 is 1.21 bits per heavy atom. The smallest absolute Gasteiger partial charge is 0.316 e. The highest BCUT2D eigenvalue weighted by Crippen LogP contribution is 2.26. The number of urea groups is 1. The summed E-state index contributed by atoms with van der Waals surface area (Å²) in [6.45, 7) is 4.92. The SMILES string of the molecule is CC(C)Cn1c(SCC(=O)c2ccc(NC(N)=O)cc2)nnc1-c1ccco1. The number of benzene rings is 1. The van der Waals surface area contributed by atoms with Gasteiger partial charge in [-0.25, -0.2) is 4.79 Å². The van der Waals surface area contributed by atoms with Gasteiger partial charge in [0.2, 0.25) is 0 Å². The fourth-order valence-corrected chi connectivity index (χ4v) is 3.45. The number of anilines is 1. The predicted octanol–water partition coefficient (Wildman–Crippen LogP) is 3.66. The normalized spacial score (nSPS) is 11.0. The van der Waals surface area contributed by atoms with Crippen molar-refractivity contribution in [1.29, 1.82) is 0 Å². The van der Waals surface area contributed by atoms with Crippen molar-refractivity contribution < 1.29 is 14.0 Å². The van der Waals surface area contributed by atoms with E-state index in [2.05, 4.69) is 29.4 Å². The number of rotatable bonds is 8. The molecule has 0 aliphatic carbocycles. The number of Topliss-reactive ketones (excluding diaryl/α,β-unsaturated/α-hetero) is 1. The Hall–Kier alpha value is -3.07. The van der Waals surface area contributed by atoms with Crippen LogP contribution in [0, 0.1) is 5.92 Å². The van der Waals surface area contributed by atoms with Crippen molar-refractivity contribution in [2.45, 2.75) is 25.5 Å². The lowest BCUT2D eigenvalue weighted by atomic mass is 10.1. The lowest BCUT2D eigenvalue weighted by molar-refractivity contribution is 0.102. The maximum atomic E-state index is 12.5. The number of amides is 2. The second-order valence-corrected chi connectivity index (χ2v) is 7.51. The molecule has 0 saturated heterocycles. The molecule has 2 heterocycles. The molecule has 0 atom stereocenters. The standard InChI is InChI=1S/C19H21N5O3S/c1-12(2)10-24-17(16-4-3-9-27-16)22-23-19(24)28-11-15(25)13-5-7-14(8-6-13)21-18(20)26/h3-9,12H,10-11H2,1-2H3,(H3,20,21,26). The highest BCUT2D eigenvalue weighted by atomic mass is 32.2. The molecule has 9 heteroatoms. The van der Waals surface area contributed by atoms with E-state index >= 15 is 0 Å². The first kappa shape index (κ1) is 19.7. The van der Waals surface area contributed by atoms with Crippen LogP contribution in [0.25, 0.3) is 11.6 Å². The molecule has 0 radical (unpaired) electrons. The summed E-state index contributed by atoms with van der Waals surface area (Å²) in [6, 6.07) is 9.57. The molecular formula is C19H21N5O3S. The van der Waals surface area contributed by atoms with Crippen molar-refractivity contribution in [3.63, 3.8) is 0 Å². The van der Waals surface area contributed by atoms with Gasteiger partial charge < -0.3 is 15.5 Å². The Morgan fingerprint density at radius 3 is 2.57 bits per heavy atom. The van der Waals surface area contributed by atoms with Crippen LogP contribution in [0.4, 0.5) is 10.5 Å². The van der Waals surface area contributed by atoms with E-state index in [0.717, 1.165) is 0 Å². The van der Waals surface area contributed by atoms with Gasteiger partial charge in [0, 0.05) is 17.8 Å². The minimum atomic E-state index is -0.647. The van der Waals surface area contributed by atoms with Crippen LogP contribution in [0.1, 0.15) is 24.2 Å². The summed E-state index contributed by atoms with van der Waals surface area (Å²) in [6.07, 6.45) is 1.59. The lowest BCUT2D eigenvalue weighted by Crippen LogP contribution is -2.19. The van der Waals surface area contributed by atoms with Crippen molar-refractivity contribution in [2.24, 2.45) is 11.7 Å². The average molecular weight is 399 g/mol. The number of aromatic nitrogens is 3. The molecule has 0 unspecified atom stereocenters. The van der Waals surface area contributed by atoms with Crippen LogP contribution in [-0.2, 0) is 6.54 Å². The summed E-state index contributed by atoms with van der Waals surface area (Å²) in [5.74, 6) is 1.84. The van der Waals surface area contributed by atoms with Gasteiger partial charge in [0.25, 0.3) is 0 Å². The molecule has 146 valence electrons. The van der Waals surface area contributed by atoms with Gasteiger partial charge in [0.05, 0.1) is 12.0 Å². The van der Waals surface area contributed by atoms with E-state index in [1.807, 2.05) is 10.6 Å². The highest BCUT2D eigenvalue weighted by Gasteiger charge is 2.18. The van der Waals surface area contributed by atoms with Crippen LogP contribution in [0.3, 0.4) is 0 Å². The van der Waals surface area contributed by atoms with Gasteiger partial charge in [-0.2, -0.15) is 0 Å². The molecule has 2 amide bonds. The Labute approximate surface area is 166 Å². The largest absolute Gasteiger partial charge is 0.461 e. The van der Waals surface area contributed by atoms with Gasteiger partial charge in [-0.15, -0.1) is 10.2 Å². The maximum Gasteiger partial charge on any atom is 0.316 e. The number of nitrogens with zero attached hydrogens (tertiary/aromatic N) is 3. The summed E-state index contributed by atoms with van der Waals surface area (Å²) < 4.78 is 7.42. The van der Waals surface area contributed by atoms with Crippen molar-refractivity contribution >= 4 is 29.3 Å². The summed E-state index contributed by atoms with van der Waals surface area (Å²) in [4.78, 5) is 23.4. The lowest BCUT2D eigenvalue weighted by Gasteiger charge is -2.11. The number of thioether (sulfide) groups is 1. The molecule has 1 aromatic carbocycles. The van der Waals surface area contributed by atoms with Crippen LogP contribution in [0.15, 0.2) is 52.2 Å². The first-order valence-electron chi connectivity index (χ1n) is 8.73. The van der Waals surface area contributed by atoms with E-state index in [1.54, 1.807) is 36.6 Å². The molecule has 0 aliphatic heterocycles. The van der Waals surface area contributed by atoms with Crippen LogP contribution >= 0.6 is 11.8 Å². The first-order valence-corrected chi connectivity index (χ1v) is 9.72. The number of carbonyl (C=O) groups is 2. The van der Waals surface area contributed by atoms with E-state index in [0.29, 0.717) is 40.5 Å². The Morgan fingerprint density at radius 2 is 1.96 bits per heavy atom. The summed E-state index contributed by atoms with van der Waals surface area (Å²) in [5.41, 5.74) is 6.16. The summed E-state index contributed by atoms with van der Waals surface area (Å²) in [5, 5.41) is 11.6. The fourth-order valence-electron chi connectivity index (χ4n) is 2.61. The van der Waals surface area contributed by atoms with Crippen molar-refractivity contribution in [1.82, 2.24) is 14.8 Å². The molecule has 3 rings (SSSR count). The van der Waals surface area contributed by atoms with E-state index in [4.69, 9.17) is 10.2 Å². The van der Waals surface area contributed by atoms with Crippen LogP contribution in [0.5, 0.6) is 0 Å². The molecule has 2 aromatic heterocycles. The minimum absolute atomic E-state index is 0.0470. The van der Waals surface area contributed by atoms with Crippen LogP contribution in [-0.4, -0.2) is 32.3 Å². The summed E-state index contributed by atoms with van der Waals surface area (Å²) in [7, 11) is 0. The molecule has 28 heavy (non-hydrogen) atoms. The van der Waals surface area contributed by atoms with Gasteiger partial charge in [0.1, 0.15) is 0 Å². The summed E-state index contributed by atoms with van der Waals surface area (Å²) >= 11 is 1.33. The van der Waals surface area contributed by atoms with Gasteiger partial charge in [0.15, 0.2) is 22.5 Å². The number of ketones is 1. The molecule has 0 aliphatic rings. The van der Waals surface area contributed by atoms with Crippen LogP contribution in [0.2, 0.25) is 0 Å². The molecule has 3 N–H and O–H groups in total. The van der Waals surface area contributed by atoms with Crippen molar-refractivity contribution in [3.8, 4) is 11.6 Å². The maximum absolute atomic E-state index is 12.5. The first-order chi connectivity index (χ1) is 13.4. The third kappa shape index (κ3) is 4.80. The van der Waals surface area contributed by atoms with E-state index in [9.17, 15) is 9.59 Å². The number of primary amides is 1. The van der Waals surface area contributed by atoms with Crippen molar-refractivity contribution in [3.05, 3.63) is 48.2 Å². The van der Waals surface area contributed by atoms with Crippen molar-refractivity contribution in [2.75, 3.05) is 11.1 Å². The Bertz CT molecular complexity index is 949. The Kier molecular flexibility index (Phi) is 6.15.